The van der Waals surface area contributed by atoms with Crippen LogP contribution in [0.15, 0.2) is 53.4 Å². The van der Waals surface area contributed by atoms with Crippen molar-refractivity contribution >= 4 is 15.9 Å². The van der Waals surface area contributed by atoms with Gasteiger partial charge < -0.3 is 5.32 Å². The highest BCUT2D eigenvalue weighted by Crippen LogP contribution is 2.33. The Balaban J connectivity index is 1.70. The zero-order valence-corrected chi connectivity index (χ0v) is 17.6. The van der Waals surface area contributed by atoms with Crippen molar-refractivity contribution in [3.8, 4) is 0 Å². The Morgan fingerprint density at radius 3 is 2.34 bits per heavy atom. The summed E-state index contributed by atoms with van der Waals surface area (Å²) in [7, 11) is -3.65. The molecular weight excluding hydrogens is 391 g/mol. The lowest BCUT2D eigenvalue weighted by Crippen LogP contribution is -2.51. The van der Waals surface area contributed by atoms with Gasteiger partial charge in [-0.15, -0.1) is 0 Å². The van der Waals surface area contributed by atoms with Crippen LogP contribution >= 0.6 is 0 Å². The van der Waals surface area contributed by atoms with E-state index < -0.39 is 15.4 Å². The minimum Gasteiger partial charge on any atom is -0.352 e. The van der Waals surface area contributed by atoms with E-state index in [2.05, 4.69) is 5.32 Å². The molecule has 29 heavy (non-hydrogen) atoms. The van der Waals surface area contributed by atoms with Crippen molar-refractivity contribution in [1.29, 1.82) is 0 Å². The second kappa shape index (κ2) is 8.63. The van der Waals surface area contributed by atoms with Gasteiger partial charge in [-0.05, 0) is 61.6 Å². The number of rotatable bonds is 6. The van der Waals surface area contributed by atoms with E-state index in [4.69, 9.17) is 0 Å². The van der Waals surface area contributed by atoms with Gasteiger partial charge in [0.15, 0.2) is 0 Å². The SMILES string of the molecule is CCc1ccc(S(=O)(=O)N2CCCC(C)(C(=O)NCc3ccc(F)cc3)C2)cc1. The number of hydrogen-bond acceptors (Lipinski definition) is 3. The van der Waals surface area contributed by atoms with Crippen molar-refractivity contribution in [2.45, 2.75) is 44.6 Å². The minimum atomic E-state index is -3.65. The molecule has 1 aliphatic heterocycles. The molecule has 2 aromatic carbocycles. The first-order valence-electron chi connectivity index (χ1n) is 9.86. The zero-order valence-electron chi connectivity index (χ0n) is 16.8. The summed E-state index contributed by atoms with van der Waals surface area (Å²) in [5, 5.41) is 2.87. The molecule has 1 amide bonds. The standard InChI is InChI=1S/C22H27FN2O3S/c1-3-17-7-11-20(12-8-17)29(27,28)25-14-4-13-22(2,16-25)21(26)24-15-18-5-9-19(23)10-6-18/h5-12H,3-4,13-16H2,1-2H3,(H,24,26). The van der Waals surface area contributed by atoms with Gasteiger partial charge in [0, 0.05) is 19.6 Å². The molecule has 1 aliphatic rings. The van der Waals surface area contributed by atoms with Crippen molar-refractivity contribution in [2.75, 3.05) is 13.1 Å². The summed E-state index contributed by atoms with van der Waals surface area (Å²) in [6.45, 7) is 4.64. The smallest absolute Gasteiger partial charge is 0.243 e. The number of halogens is 1. The number of piperidine rings is 1. The molecule has 1 saturated heterocycles. The molecule has 0 aliphatic carbocycles. The number of carbonyl (C=O) groups is 1. The number of nitrogens with zero attached hydrogens (tertiary/aromatic N) is 1. The average Bonchev–Trinajstić information content (AvgIpc) is 2.73. The lowest BCUT2D eigenvalue weighted by molar-refractivity contribution is -0.132. The summed E-state index contributed by atoms with van der Waals surface area (Å²) in [4.78, 5) is 13.1. The first-order chi connectivity index (χ1) is 13.7. The van der Waals surface area contributed by atoms with E-state index in [0.29, 0.717) is 19.4 Å². The molecular formula is C22H27FN2O3S. The summed E-state index contributed by atoms with van der Waals surface area (Å²) in [6.07, 6.45) is 2.08. The number of aryl methyl sites for hydroxylation is 1. The highest BCUT2D eigenvalue weighted by Gasteiger charge is 2.41. The van der Waals surface area contributed by atoms with Gasteiger partial charge in [0.2, 0.25) is 15.9 Å². The molecule has 1 fully saturated rings. The Morgan fingerprint density at radius 2 is 1.72 bits per heavy atom. The van der Waals surface area contributed by atoms with E-state index in [1.165, 1.54) is 16.4 Å². The maximum Gasteiger partial charge on any atom is 0.243 e. The van der Waals surface area contributed by atoms with Crippen molar-refractivity contribution in [3.05, 3.63) is 65.5 Å². The van der Waals surface area contributed by atoms with Gasteiger partial charge >= 0.3 is 0 Å². The predicted octanol–water partition coefficient (Wildman–Crippen LogP) is 3.50. The monoisotopic (exact) mass is 418 g/mol. The van der Waals surface area contributed by atoms with Crippen molar-refractivity contribution in [3.63, 3.8) is 0 Å². The normalized spacial score (nSPS) is 20.4. The first-order valence-corrected chi connectivity index (χ1v) is 11.3. The van der Waals surface area contributed by atoms with Gasteiger partial charge in [0.05, 0.1) is 10.3 Å². The molecule has 156 valence electrons. The van der Waals surface area contributed by atoms with Crippen LogP contribution in [0.2, 0.25) is 0 Å². The lowest BCUT2D eigenvalue weighted by Gasteiger charge is -2.38. The van der Waals surface area contributed by atoms with Gasteiger partial charge in [-0.2, -0.15) is 4.31 Å². The van der Waals surface area contributed by atoms with Gasteiger partial charge in [-0.3, -0.25) is 4.79 Å². The van der Waals surface area contributed by atoms with E-state index in [9.17, 15) is 17.6 Å². The molecule has 1 atom stereocenters. The lowest BCUT2D eigenvalue weighted by atomic mass is 9.82. The molecule has 0 radical (unpaired) electrons. The molecule has 0 saturated carbocycles. The van der Waals surface area contributed by atoms with Crippen LogP contribution in [0, 0.1) is 11.2 Å². The quantitative estimate of drug-likeness (QED) is 0.781. The molecule has 0 bridgehead atoms. The van der Waals surface area contributed by atoms with E-state index in [1.54, 1.807) is 31.2 Å². The van der Waals surface area contributed by atoms with Crippen molar-refractivity contribution < 1.29 is 17.6 Å². The van der Waals surface area contributed by atoms with Crippen LogP contribution in [-0.4, -0.2) is 31.7 Å². The second-order valence-corrected chi connectivity index (χ2v) is 9.75. The summed E-state index contributed by atoms with van der Waals surface area (Å²) in [5.41, 5.74) is 1.06. The highest BCUT2D eigenvalue weighted by atomic mass is 32.2. The maximum atomic E-state index is 13.1. The van der Waals surface area contributed by atoms with Gasteiger partial charge in [-0.1, -0.05) is 31.2 Å². The fraction of sp³-hybridized carbons (Fsp3) is 0.409. The molecule has 0 aromatic heterocycles. The highest BCUT2D eigenvalue weighted by molar-refractivity contribution is 7.89. The predicted molar refractivity (Wildman–Crippen MR) is 110 cm³/mol. The third-order valence-corrected chi connectivity index (χ3v) is 7.40. The Morgan fingerprint density at radius 1 is 1.10 bits per heavy atom. The van der Waals surface area contributed by atoms with Crippen LogP contribution in [0.3, 0.4) is 0 Å². The number of sulfonamides is 1. The summed E-state index contributed by atoms with van der Waals surface area (Å²) in [5.74, 6) is -0.518. The average molecular weight is 419 g/mol. The molecule has 5 nitrogen and oxygen atoms in total. The Hall–Kier alpha value is -2.25. The number of benzene rings is 2. The van der Waals surface area contributed by atoms with E-state index >= 15 is 0 Å². The largest absolute Gasteiger partial charge is 0.352 e. The number of carbonyl (C=O) groups excluding carboxylic acids is 1. The van der Waals surface area contributed by atoms with E-state index in [1.807, 2.05) is 19.1 Å². The molecule has 1 unspecified atom stereocenters. The van der Waals surface area contributed by atoms with E-state index in [0.717, 1.165) is 17.5 Å². The number of amides is 1. The summed E-state index contributed by atoms with van der Waals surface area (Å²) >= 11 is 0. The van der Waals surface area contributed by atoms with Crippen LogP contribution < -0.4 is 5.32 Å². The van der Waals surface area contributed by atoms with Crippen LogP contribution in [0.25, 0.3) is 0 Å². The molecule has 3 rings (SSSR count). The number of nitrogens with one attached hydrogen (secondary N) is 1. The Kier molecular flexibility index (Phi) is 6.39. The van der Waals surface area contributed by atoms with Crippen LogP contribution in [-0.2, 0) is 27.8 Å². The molecule has 0 spiro atoms. The third kappa shape index (κ3) is 4.85. The summed E-state index contributed by atoms with van der Waals surface area (Å²) < 4.78 is 40.6. The maximum absolute atomic E-state index is 13.1. The Bertz CT molecular complexity index is 959. The fourth-order valence-electron chi connectivity index (χ4n) is 3.63. The van der Waals surface area contributed by atoms with Crippen molar-refractivity contribution in [2.24, 2.45) is 5.41 Å². The van der Waals surface area contributed by atoms with E-state index in [-0.39, 0.29) is 29.7 Å². The van der Waals surface area contributed by atoms with Crippen LogP contribution in [0.1, 0.15) is 37.8 Å². The molecule has 1 N–H and O–H groups in total. The summed E-state index contributed by atoms with van der Waals surface area (Å²) in [6, 6.07) is 12.9. The first kappa shape index (κ1) is 21.5. The Labute approximate surface area is 172 Å². The fourth-order valence-corrected chi connectivity index (χ4v) is 5.23. The topological polar surface area (TPSA) is 66.5 Å². The van der Waals surface area contributed by atoms with Crippen LogP contribution in [0.5, 0.6) is 0 Å². The second-order valence-electron chi connectivity index (χ2n) is 7.81. The zero-order chi connectivity index (χ0) is 21.1. The molecule has 2 aromatic rings. The van der Waals surface area contributed by atoms with Crippen LogP contribution in [0.4, 0.5) is 4.39 Å². The minimum absolute atomic E-state index is 0.139. The molecule has 7 heteroatoms. The molecule has 1 heterocycles. The third-order valence-electron chi connectivity index (χ3n) is 5.55. The number of hydrogen-bond donors (Lipinski definition) is 1. The van der Waals surface area contributed by atoms with Gasteiger partial charge in [-0.25, -0.2) is 12.8 Å². The van der Waals surface area contributed by atoms with Crippen molar-refractivity contribution in [1.82, 2.24) is 9.62 Å². The van der Waals surface area contributed by atoms with Gasteiger partial charge in [0.25, 0.3) is 0 Å². The van der Waals surface area contributed by atoms with Gasteiger partial charge in [0.1, 0.15) is 5.82 Å².